The summed E-state index contributed by atoms with van der Waals surface area (Å²) in [6.07, 6.45) is 0.820. The molecular formula is C20H21N3O6. The number of nitro groups is 1. The molecule has 2 rings (SSSR count). The number of benzene rings is 2. The minimum Gasteiger partial charge on any atom is -0.454 e. The van der Waals surface area contributed by atoms with Gasteiger partial charge in [0.25, 0.3) is 17.5 Å². The van der Waals surface area contributed by atoms with Gasteiger partial charge < -0.3 is 15.4 Å². The first-order chi connectivity index (χ1) is 13.8. The third-order valence-electron chi connectivity index (χ3n) is 3.98. The van der Waals surface area contributed by atoms with Crippen molar-refractivity contribution in [2.75, 3.05) is 11.9 Å². The molecule has 2 aromatic rings. The maximum Gasteiger partial charge on any atom is 0.328 e. The summed E-state index contributed by atoms with van der Waals surface area (Å²) in [6.45, 7) is 2.87. The molecule has 0 aliphatic rings. The number of hydrogen-bond donors (Lipinski definition) is 2. The predicted molar refractivity (Wildman–Crippen MR) is 105 cm³/mol. The highest BCUT2D eigenvalue weighted by molar-refractivity contribution is 5.97. The van der Waals surface area contributed by atoms with E-state index < -0.39 is 35.4 Å². The molecule has 0 saturated carbocycles. The molecule has 9 heteroatoms. The van der Waals surface area contributed by atoms with Gasteiger partial charge in [0.1, 0.15) is 6.04 Å². The second-order valence-corrected chi connectivity index (χ2v) is 6.21. The van der Waals surface area contributed by atoms with Gasteiger partial charge in [-0.1, -0.05) is 25.1 Å². The van der Waals surface area contributed by atoms with Crippen molar-refractivity contribution in [1.29, 1.82) is 0 Å². The van der Waals surface area contributed by atoms with Crippen molar-refractivity contribution in [1.82, 2.24) is 5.32 Å². The Labute approximate surface area is 167 Å². The highest BCUT2D eigenvalue weighted by Crippen LogP contribution is 2.13. The molecule has 0 fully saturated rings. The van der Waals surface area contributed by atoms with Gasteiger partial charge in [0.05, 0.1) is 4.92 Å². The van der Waals surface area contributed by atoms with Crippen LogP contribution in [0.2, 0.25) is 0 Å². The number of amides is 2. The van der Waals surface area contributed by atoms with Crippen molar-refractivity contribution >= 4 is 29.2 Å². The van der Waals surface area contributed by atoms with E-state index >= 15 is 0 Å². The molecule has 29 heavy (non-hydrogen) atoms. The van der Waals surface area contributed by atoms with Crippen LogP contribution in [0.25, 0.3) is 0 Å². The number of nitrogens with zero attached hydrogens (tertiary/aromatic N) is 1. The van der Waals surface area contributed by atoms with Crippen LogP contribution in [-0.2, 0) is 20.7 Å². The molecule has 0 heterocycles. The largest absolute Gasteiger partial charge is 0.454 e. The summed E-state index contributed by atoms with van der Waals surface area (Å²) in [5.41, 5.74) is 1.44. The van der Waals surface area contributed by atoms with Crippen LogP contribution in [-0.4, -0.2) is 35.4 Å². The monoisotopic (exact) mass is 399 g/mol. The minimum atomic E-state index is -1.04. The molecule has 0 aliphatic carbocycles. The van der Waals surface area contributed by atoms with Crippen molar-refractivity contribution in [2.24, 2.45) is 0 Å². The lowest BCUT2D eigenvalue weighted by molar-refractivity contribution is -0.384. The number of carbonyl (C=O) groups is 3. The number of hydrogen-bond acceptors (Lipinski definition) is 6. The number of anilines is 1. The Bertz CT molecular complexity index is 928. The maximum absolute atomic E-state index is 12.2. The van der Waals surface area contributed by atoms with E-state index in [1.54, 1.807) is 6.07 Å². The Kier molecular flexibility index (Phi) is 7.41. The van der Waals surface area contributed by atoms with Crippen molar-refractivity contribution in [3.05, 3.63) is 69.8 Å². The number of nitro benzene ring substituents is 1. The van der Waals surface area contributed by atoms with Crippen molar-refractivity contribution < 1.29 is 24.0 Å². The average molecular weight is 399 g/mol. The van der Waals surface area contributed by atoms with Gasteiger partial charge in [-0.15, -0.1) is 0 Å². The molecule has 2 amide bonds. The second kappa shape index (κ2) is 9.98. The molecule has 0 spiro atoms. The molecule has 2 N–H and O–H groups in total. The standard InChI is InChI=1S/C20H21N3O6/c1-3-14-6-4-8-16(10-14)22-18(24)12-29-20(26)13(2)21-19(25)15-7-5-9-17(11-15)23(27)28/h4-11,13H,3,12H2,1-2H3,(H,21,25)(H,22,24). The van der Waals surface area contributed by atoms with Crippen LogP contribution >= 0.6 is 0 Å². The second-order valence-electron chi connectivity index (χ2n) is 6.21. The zero-order valence-electron chi connectivity index (χ0n) is 16.0. The smallest absolute Gasteiger partial charge is 0.328 e. The van der Waals surface area contributed by atoms with Crippen LogP contribution in [0.15, 0.2) is 48.5 Å². The van der Waals surface area contributed by atoms with Gasteiger partial charge in [-0.05, 0) is 37.1 Å². The number of aryl methyl sites for hydroxylation is 1. The molecular weight excluding hydrogens is 378 g/mol. The van der Waals surface area contributed by atoms with E-state index in [-0.39, 0.29) is 11.3 Å². The van der Waals surface area contributed by atoms with Crippen LogP contribution in [0.5, 0.6) is 0 Å². The Morgan fingerprint density at radius 1 is 1.14 bits per heavy atom. The summed E-state index contributed by atoms with van der Waals surface area (Å²) >= 11 is 0. The fraction of sp³-hybridized carbons (Fsp3) is 0.250. The summed E-state index contributed by atoms with van der Waals surface area (Å²) in [5, 5.41) is 15.8. The Morgan fingerprint density at radius 2 is 1.86 bits per heavy atom. The number of ether oxygens (including phenoxy) is 1. The number of carbonyl (C=O) groups excluding carboxylic acids is 3. The first-order valence-corrected chi connectivity index (χ1v) is 8.91. The molecule has 0 saturated heterocycles. The predicted octanol–water partition coefficient (Wildman–Crippen LogP) is 2.46. The summed E-state index contributed by atoms with van der Waals surface area (Å²) < 4.78 is 4.92. The molecule has 152 valence electrons. The van der Waals surface area contributed by atoms with E-state index in [1.807, 2.05) is 25.1 Å². The molecule has 2 aromatic carbocycles. The normalized spacial score (nSPS) is 11.2. The summed E-state index contributed by atoms with van der Waals surface area (Å²) in [4.78, 5) is 46.3. The molecule has 9 nitrogen and oxygen atoms in total. The van der Waals surface area contributed by atoms with Gasteiger partial charge in [0, 0.05) is 23.4 Å². The lowest BCUT2D eigenvalue weighted by Crippen LogP contribution is -2.40. The maximum atomic E-state index is 12.2. The number of rotatable bonds is 8. The van der Waals surface area contributed by atoms with Crippen LogP contribution < -0.4 is 10.6 Å². The van der Waals surface area contributed by atoms with E-state index in [9.17, 15) is 24.5 Å². The van der Waals surface area contributed by atoms with Gasteiger partial charge in [0.2, 0.25) is 0 Å². The minimum absolute atomic E-state index is 0.0346. The fourth-order valence-electron chi connectivity index (χ4n) is 2.43. The van der Waals surface area contributed by atoms with Gasteiger partial charge in [-0.2, -0.15) is 0 Å². The Hall–Kier alpha value is -3.75. The average Bonchev–Trinajstić information content (AvgIpc) is 2.72. The zero-order chi connectivity index (χ0) is 21.4. The highest BCUT2D eigenvalue weighted by Gasteiger charge is 2.20. The van der Waals surface area contributed by atoms with Crippen molar-refractivity contribution in [2.45, 2.75) is 26.3 Å². The van der Waals surface area contributed by atoms with Crippen LogP contribution in [0.3, 0.4) is 0 Å². The van der Waals surface area contributed by atoms with Crippen LogP contribution in [0.1, 0.15) is 29.8 Å². The lowest BCUT2D eigenvalue weighted by Gasteiger charge is -2.13. The fourth-order valence-corrected chi connectivity index (χ4v) is 2.43. The van der Waals surface area contributed by atoms with E-state index in [0.717, 1.165) is 18.1 Å². The number of non-ortho nitro benzene ring substituents is 1. The topological polar surface area (TPSA) is 128 Å². The van der Waals surface area contributed by atoms with Gasteiger partial charge in [-0.3, -0.25) is 19.7 Å². The number of esters is 1. The molecule has 0 radical (unpaired) electrons. The molecule has 1 atom stereocenters. The number of nitrogens with one attached hydrogen (secondary N) is 2. The van der Waals surface area contributed by atoms with Crippen molar-refractivity contribution in [3.63, 3.8) is 0 Å². The lowest BCUT2D eigenvalue weighted by atomic mass is 10.1. The molecule has 0 aliphatic heterocycles. The molecule has 0 aromatic heterocycles. The summed E-state index contributed by atoms with van der Waals surface area (Å²) in [7, 11) is 0. The summed E-state index contributed by atoms with van der Waals surface area (Å²) in [6, 6.07) is 11.4. The van der Waals surface area contributed by atoms with E-state index in [0.29, 0.717) is 5.69 Å². The van der Waals surface area contributed by atoms with E-state index in [1.165, 1.54) is 25.1 Å². The van der Waals surface area contributed by atoms with Gasteiger partial charge >= 0.3 is 5.97 Å². The SMILES string of the molecule is CCc1cccc(NC(=O)COC(=O)C(C)NC(=O)c2cccc([N+](=O)[O-])c2)c1. The third-order valence-corrected chi connectivity index (χ3v) is 3.98. The van der Waals surface area contributed by atoms with Crippen molar-refractivity contribution in [3.8, 4) is 0 Å². The van der Waals surface area contributed by atoms with E-state index in [4.69, 9.17) is 4.74 Å². The zero-order valence-corrected chi connectivity index (χ0v) is 16.0. The third kappa shape index (κ3) is 6.42. The summed E-state index contributed by atoms with van der Waals surface area (Å²) in [5.74, 6) is -1.98. The Balaban J connectivity index is 1.85. The van der Waals surface area contributed by atoms with E-state index in [2.05, 4.69) is 10.6 Å². The van der Waals surface area contributed by atoms with Gasteiger partial charge in [-0.25, -0.2) is 4.79 Å². The van der Waals surface area contributed by atoms with Crippen LogP contribution in [0.4, 0.5) is 11.4 Å². The highest BCUT2D eigenvalue weighted by atomic mass is 16.6. The molecule has 1 unspecified atom stereocenters. The first-order valence-electron chi connectivity index (χ1n) is 8.91. The molecule has 0 bridgehead atoms. The quantitative estimate of drug-likeness (QED) is 0.399. The van der Waals surface area contributed by atoms with Gasteiger partial charge in [0.15, 0.2) is 6.61 Å². The Morgan fingerprint density at radius 3 is 2.55 bits per heavy atom. The first kappa shape index (κ1) is 21.5. The van der Waals surface area contributed by atoms with Crippen LogP contribution in [0, 0.1) is 10.1 Å².